The molecule has 0 spiro atoms. The molecule has 2 atom stereocenters. The molecule has 8 heteroatoms. The van der Waals surface area contributed by atoms with Gasteiger partial charge in [-0.3, -0.25) is 14.9 Å². The van der Waals surface area contributed by atoms with Crippen LogP contribution < -0.4 is 26.2 Å². The molecule has 0 bridgehead atoms. The van der Waals surface area contributed by atoms with Crippen LogP contribution in [0.1, 0.15) is 35.7 Å². The first-order chi connectivity index (χ1) is 16.3. The molecule has 0 aromatic heterocycles. The van der Waals surface area contributed by atoms with Crippen LogP contribution in [0, 0.1) is 11.6 Å². The van der Waals surface area contributed by atoms with E-state index in [4.69, 9.17) is 4.74 Å². The zero-order valence-electron chi connectivity index (χ0n) is 18.4. The van der Waals surface area contributed by atoms with E-state index in [9.17, 15) is 23.5 Å². The van der Waals surface area contributed by atoms with Crippen molar-refractivity contribution < 1.29 is 18.6 Å². The molecule has 0 radical (unpaired) electrons. The number of aromatic hydroxyl groups is 1. The Morgan fingerprint density at radius 1 is 0.912 bits per heavy atom. The molecular formula is C26H22F2N2O4. The Balaban J connectivity index is 1.70. The number of hydrogen-bond donors (Lipinski definition) is 3. The fourth-order valence-corrected chi connectivity index (χ4v) is 3.81. The zero-order valence-corrected chi connectivity index (χ0v) is 18.4. The van der Waals surface area contributed by atoms with E-state index in [0.29, 0.717) is 11.4 Å². The van der Waals surface area contributed by atoms with Crippen molar-refractivity contribution in [2.75, 3.05) is 12.4 Å². The van der Waals surface area contributed by atoms with Crippen LogP contribution in [0.4, 0.5) is 20.2 Å². The number of benzene rings is 3. The zero-order chi connectivity index (χ0) is 24.4. The van der Waals surface area contributed by atoms with Crippen LogP contribution in [0.5, 0.6) is 11.5 Å². The molecule has 0 aliphatic rings. The third kappa shape index (κ3) is 4.40. The number of nitrogens with one attached hydrogen (secondary N) is 2. The maximum absolute atomic E-state index is 14.4. The van der Waals surface area contributed by atoms with Gasteiger partial charge < -0.3 is 15.2 Å². The fourth-order valence-electron chi connectivity index (χ4n) is 3.81. The van der Waals surface area contributed by atoms with Crippen molar-refractivity contribution in [2.24, 2.45) is 0 Å². The van der Waals surface area contributed by atoms with E-state index in [1.807, 2.05) is 18.2 Å². The first-order valence-corrected chi connectivity index (χ1v) is 10.5. The van der Waals surface area contributed by atoms with E-state index in [0.717, 1.165) is 17.2 Å². The maximum Gasteiger partial charge on any atom is 0.271 e. The SMILES string of the molecule is COc1ccc(C(N[C@H](C)c2cccc(F)c2F)c2cccc(Nc3c(O)c(=O)c3=O)c2)cc1. The van der Waals surface area contributed by atoms with Crippen molar-refractivity contribution >= 4 is 11.4 Å². The normalized spacial score (nSPS) is 12.9. The molecule has 0 amide bonds. The van der Waals surface area contributed by atoms with Gasteiger partial charge in [-0.05, 0) is 48.4 Å². The van der Waals surface area contributed by atoms with Crippen LogP contribution in [0.25, 0.3) is 0 Å². The topological polar surface area (TPSA) is 87.7 Å². The summed E-state index contributed by atoms with van der Waals surface area (Å²) in [7, 11) is 1.56. The summed E-state index contributed by atoms with van der Waals surface area (Å²) in [6.45, 7) is 1.73. The van der Waals surface area contributed by atoms with Gasteiger partial charge in [-0.25, -0.2) is 8.78 Å². The molecular weight excluding hydrogens is 442 g/mol. The molecule has 4 aromatic carbocycles. The van der Waals surface area contributed by atoms with Crippen LogP contribution >= 0.6 is 0 Å². The number of halogens is 2. The number of anilines is 2. The highest BCUT2D eigenvalue weighted by molar-refractivity contribution is 5.69. The van der Waals surface area contributed by atoms with Crippen molar-refractivity contribution in [3.05, 3.63) is 116 Å². The van der Waals surface area contributed by atoms with Gasteiger partial charge in [-0.1, -0.05) is 36.4 Å². The summed E-state index contributed by atoms with van der Waals surface area (Å²) < 4.78 is 33.5. The van der Waals surface area contributed by atoms with Crippen molar-refractivity contribution in [2.45, 2.75) is 19.0 Å². The minimum atomic E-state index is -0.928. The van der Waals surface area contributed by atoms with E-state index in [1.165, 1.54) is 12.1 Å². The summed E-state index contributed by atoms with van der Waals surface area (Å²) in [4.78, 5) is 23.0. The lowest BCUT2D eigenvalue weighted by Crippen LogP contribution is -2.32. The van der Waals surface area contributed by atoms with Crippen molar-refractivity contribution in [3.63, 3.8) is 0 Å². The summed E-state index contributed by atoms with van der Waals surface area (Å²) in [5.74, 6) is -1.78. The molecule has 0 saturated carbocycles. The van der Waals surface area contributed by atoms with Gasteiger partial charge in [-0.2, -0.15) is 0 Å². The van der Waals surface area contributed by atoms with Crippen LogP contribution in [0.15, 0.2) is 76.3 Å². The van der Waals surface area contributed by atoms with Gasteiger partial charge in [0.15, 0.2) is 17.4 Å². The highest BCUT2D eigenvalue weighted by Crippen LogP contribution is 2.31. The van der Waals surface area contributed by atoms with Gasteiger partial charge in [0, 0.05) is 17.3 Å². The molecule has 0 aliphatic heterocycles. The third-order valence-corrected chi connectivity index (χ3v) is 5.69. The van der Waals surface area contributed by atoms with Gasteiger partial charge in [0.05, 0.1) is 13.2 Å². The van der Waals surface area contributed by atoms with Crippen molar-refractivity contribution in [1.82, 2.24) is 5.32 Å². The average molecular weight is 464 g/mol. The molecule has 4 aromatic rings. The molecule has 0 saturated heterocycles. The predicted molar refractivity (Wildman–Crippen MR) is 125 cm³/mol. The molecule has 0 fully saturated rings. The summed E-state index contributed by atoms with van der Waals surface area (Å²) in [6, 6.07) is 17.3. The highest BCUT2D eigenvalue weighted by Gasteiger charge is 2.23. The van der Waals surface area contributed by atoms with Gasteiger partial charge in [-0.15, -0.1) is 0 Å². The Hall–Kier alpha value is -4.04. The highest BCUT2D eigenvalue weighted by atomic mass is 19.2. The van der Waals surface area contributed by atoms with Crippen LogP contribution in [-0.2, 0) is 0 Å². The van der Waals surface area contributed by atoms with Gasteiger partial charge in [0.25, 0.3) is 10.9 Å². The van der Waals surface area contributed by atoms with Crippen molar-refractivity contribution in [1.29, 1.82) is 0 Å². The average Bonchev–Trinajstić information content (AvgIpc) is 2.87. The summed E-state index contributed by atoms with van der Waals surface area (Å²) in [6.07, 6.45) is 0. The summed E-state index contributed by atoms with van der Waals surface area (Å²) >= 11 is 0. The van der Waals surface area contributed by atoms with Crippen molar-refractivity contribution in [3.8, 4) is 11.5 Å². The first kappa shape index (κ1) is 23.1. The smallest absolute Gasteiger partial charge is 0.271 e. The Kier molecular flexibility index (Phi) is 6.43. The van der Waals surface area contributed by atoms with Crippen LogP contribution in [0.2, 0.25) is 0 Å². The second-order valence-corrected chi connectivity index (χ2v) is 7.87. The Bertz CT molecular complexity index is 1400. The number of methoxy groups -OCH3 is 1. The van der Waals surface area contributed by atoms with Crippen LogP contribution in [0.3, 0.4) is 0 Å². The molecule has 1 unspecified atom stereocenters. The summed E-state index contributed by atoms with van der Waals surface area (Å²) in [5, 5.41) is 15.8. The Morgan fingerprint density at radius 2 is 1.62 bits per heavy atom. The fraction of sp³-hybridized carbons (Fsp3) is 0.154. The lowest BCUT2D eigenvalue weighted by atomic mass is 9.96. The molecule has 0 aliphatic carbocycles. The molecule has 174 valence electrons. The molecule has 4 rings (SSSR count). The minimum Gasteiger partial charge on any atom is -0.502 e. The Labute approximate surface area is 194 Å². The second-order valence-electron chi connectivity index (χ2n) is 7.87. The first-order valence-electron chi connectivity index (χ1n) is 10.5. The standard InChI is InChI=1S/C26H22F2N2O4/c1-14(19-7-4-8-20(27)21(19)28)29-22(15-9-11-18(34-2)12-10-15)16-5-3-6-17(13-16)30-23-24(31)26(33)25(23)32/h3-14,22,29-31H,1-2H3/t14-,22?/m1/s1. The van der Waals surface area contributed by atoms with Gasteiger partial charge >= 0.3 is 0 Å². The van der Waals surface area contributed by atoms with E-state index in [2.05, 4.69) is 10.6 Å². The van der Waals surface area contributed by atoms with E-state index in [1.54, 1.807) is 44.4 Å². The summed E-state index contributed by atoms with van der Waals surface area (Å²) in [5.41, 5.74) is 0.360. The number of rotatable bonds is 8. The van der Waals surface area contributed by atoms with E-state index < -0.39 is 40.3 Å². The molecule has 6 nitrogen and oxygen atoms in total. The lowest BCUT2D eigenvalue weighted by molar-refractivity contribution is 0.414. The predicted octanol–water partition coefficient (Wildman–Crippen LogP) is 4.46. The van der Waals surface area contributed by atoms with Crippen LogP contribution in [-0.4, -0.2) is 12.2 Å². The van der Waals surface area contributed by atoms with Gasteiger partial charge in [0.1, 0.15) is 11.4 Å². The molecule has 0 heterocycles. The maximum atomic E-state index is 14.4. The quantitative estimate of drug-likeness (QED) is 0.334. The third-order valence-electron chi connectivity index (χ3n) is 5.69. The number of ether oxygens (including phenoxy) is 1. The van der Waals surface area contributed by atoms with Gasteiger partial charge in [0.2, 0.25) is 0 Å². The monoisotopic (exact) mass is 464 g/mol. The molecule has 3 N–H and O–H groups in total. The largest absolute Gasteiger partial charge is 0.502 e. The van der Waals surface area contributed by atoms with E-state index >= 15 is 0 Å². The number of hydrogen-bond acceptors (Lipinski definition) is 6. The molecule has 34 heavy (non-hydrogen) atoms. The van der Waals surface area contributed by atoms with E-state index in [-0.39, 0.29) is 11.3 Å². The lowest BCUT2D eigenvalue weighted by Gasteiger charge is -2.26. The Morgan fingerprint density at radius 3 is 2.29 bits per heavy atom. The minimum absolute atomic E-state index is 0.161. The second kappa shape index (κ2) is 9.44.